The molecule has 0 bridgehead atoms. The van der Waals surface area contributed by atoms with Crippen LogP contribution in [-0.4, -0.2) is 20.5 Å². The first kappa shape index (κ1) is 9.80. The standard InChI is InChI=1S/C9H8N4OS/c1-13-8(7-3-2-5-14-7)11-12-9(13)15-6-4-10/h2-3,5H,6H2,1H3. The van der Waals surface area contributed by atoms with Crippen LogP contribution < -0.4 is 0 Å². The molecule has 0 atom stereocenters. The van der Waals surface area contributed by atoms with E-state index < -0.39 is 0 Å². The van der Waals surface area contributed by atoms with E-state index in [4.69, 9.17) is 9.68 Å². The Kier molecular flexibility index (Phi) is 2.74. The maximum Gasteiger partial charge on any atom is 0.200 e. The summed E-state index contributed by atoms with van der Waals surface area (Å²) >= 11 is 1.35. The molecule has 0 fully saturated rings. The summed E-state index contributed by atoms with van der Waals surface area (Å²) in [6, 6.07) is 5.67. The van der Waals surface area contributed by atoms with Gasteiger partial charge in [0.05, 0.1) is 18.1 Å². The van der Waals surface area contributed by atoms with Gasteiger partial charge in [-0.3, -0.25) is 0 Å². The molecule has 2 heterocycles. The molecule has 0 radical (unpaired) electrons. The van der Waals surface area contributed by atoms with E-state index >= 15 is 0 Å². The number of aromatic nitrogens is 3. The van der Waals surface area contributed by atoms with Gasteiger partial charge in [0, 0.05) is 7.05 Å². The van der Waals surface area contributed by atoms with Gasteiger partial charge in [0.25, 0.3) is 0 Å². The molecule has 0 aliphatic heterocycles. The normalized spacial score (nSPS) is 10.1. The van der Waals surface area contributed by atoms with Crippen LogP contribution in [0.25, 0.3) is 11.6 Å². The second-order valence-corrected chi connectivity index (χ2v) is 3.73. The van der Waals surface area contributed by atoms with Gasteiger partial charge < -0.3 is 8.98 Å². The molecule has 2 aromatic rings. The van der Waals surface area contributed by atoms with E-state index in [0.29, 0.717) is 22.5 Å². The Morgan fingerprint density at radius 1 is 1.60 bits per heavy atom. The lowest BCUT2D eigenvalue weighted by Gasteiger charge is -1.98. The zero-order valence-electron chi connectivity index (χ0n) is 8.04. The molecule has 0 aliphatic rings. The number of hydrogen-bond acceptors (Lipinski definition) is 5. The first-order valence-corrected chi connectivity index (χ1v) is 5.24. The summed E-state index contributed by atoms with van der Waals surface area (Å²) in [5, 5.41) is 17.1. The maximum atomic E-state index is 8.46. The van der Waals surface area contributed by atoms with Crippen molar-refractivity contribution in [3.63, 3.8) is 0 Å². The number of hydrogen-bond donors (Lipinski definition) is 0. The molecule has 0 saturated heterocycles. The van der Waals surface area contributed by atoms with E-state index in [9.17, 15) is 0 Å². The molecule has 2 aromatic heterocycles. The van der Waals surface area contributed by atoms with Crippen molar-refractivity contribution in [3.8, 4) is 17.7 Å². The van der Waals surface area contributed by atoms with E-state index in [1.807, 2.05) is 19.2 Å². The van der Waals surface area contributed by atoms with Crippen LogP contribution in [-0.2, 0) is 7.05 Å². The number of nitrogens with zero attached hydrogens (tertiary/aromatic N) is 4. The van der Waals surface area contributed by atoms with E-state index in [1.165, 1.54) is 11.8 Å². The molecular weight excluding hydrogens is 212 g/mol. The van der Waals surface area contributed by atoms with Crippen molar-refractivity contribution in [3.05, 3.63) is 18.4 Å². The minimum atomic E-state index is 0.365. The van der Waals surface area contributed by atoms with E-state index in [-0.39, 0.29) is 0 Å². The average Bonchev–Trinajstić information content (AvgIpc) is 2.84. The molecule has 76 valence electrons. The second kappa shape index (κ2) is 4.19. The van der Waals surface area contributed by atoms with Gasteiger partial charge in [-0.1, -0.05) is 11.8 Å². The lowest BCUT2D eigenvalue weighted by Crippen LogP contribution is -1.93. The van der Waals surface area contributed by atoms with Gasteiger partial charge >= 0.3 is 0 Å². The van der Waals surface area contributed by atoms with Gasteiger partial charge in [-0.25, -0.2) is 0 Å². The topological polar surface area (TPSA) is 67.6 Å². The quantitative estimate of drug-likeness (QED) is 0.736. The molecule has 0 N–H and O–H groups in total. The number of thioether (sulfide) groups is 1. The largest absolute Gasteiger partial charge is 0.461 e. The van der Waals surface area contributed by atoms with Crippen LogP contribution in [0.1, 0.15) is 0 Å². The van der Waals surface area contributed by atoms with Gasteiger partial charge in [-0.05, 0) is 12.1 Å². The molecule has 0 aliphatic carbocycles. The zero-order chi connectivity index (χ0) is 10.7. The van der Waals surface area contributed by atoms with Crippen LogP contribution in [0, 0.1) is 11.3 Å². The first-order chi connectivity index (χ1) is 7.33. The molecule has 2 rings (SSSR count). The lowest BCUT2D eigenvalue weighted by atomic mass is 10.4. The third-order valence-corrected chi connectivity index (χ3v) is 2.73. The van der Waals surface area contributed by atoms with Gasteiger partial charge in [0.2, 0.25) is 0 Å². The van der Waals surface area contributed by atoms with Gasteiger partial charge in [-0.2, -0.15) is 5.26 Å². The monoisotopic (exact) mass is 220 g/mol. The van der Waals surface area contributed by atoms with E-state index in [1.54, 1.807) is 16.9 Å². The molecule has 0 spiro atoms. The Bertz CT molecular complexity index is 483. The molecule has 0 unspecified atom stereocenters. The Morgan fingerprint density at radius 2 is 2.47 bits per heavy atom. The number of furan rings is 1. The van der Waals surface area contributed by atoms with Crippen molar-refractivity contribution in [1.29, 1.82) is 5.26 Å². The minimum Gasteiger partial charge on any atom is -0.461 e. The third kappa shape index (κ3) is 1.87. The zero-order valence-corrected chi connectivity index (χ0v) is 8.86. The summed E-state index contributed by atoms with van der Waals surface area (Å²) in [6.45, 7) is 0. The molecular formula is C9H8N4OS. The Hall–Kier alpha value is -1.74. The van der Waals surface area contributed by atoms with Crippen molar-refractivity contribution in [2.75, 3.05) is 5.75 Å². The van der Waals surface area contributed by atoms with Crippen molar-refractivity contribution in [2.45, 2.75) is 5.16 Å². The van der Waals surface area contributed by atoms with Crippen molar-refractivity contribution >= 4 is 11.8 Å². The maximum absolute atomic E-state index is 8.46. The van der Waals surface area contributed by atoms with Crippen LogP contribution in [0.5, 0.6) is 0 Å². The van der Waals surface area contributed by atoms with E-state index in [2.05, 4.69) is 10.2 Å². The lowest BCUT2D eigenvalue weighted by molar-refractivity contribution is 0.572. The smallest absolute Gasteiger partial charge is 0.200 e. The summed E-state index contributed by atoms with van der Waals surface area (Å²) in [6.07, 6.45) is 1.59. The van der Waals surface area contributed by atoms with Crippen LogP contribution in [0.3, 0.4) is 0 Å². The summed E-state index contributed by atoms with van der Waals surface area (Å²) in [4.78, 5) is 0. The molecule has 15 heavy (non-hydrogen) atoms. The highest BCUT2D eigenvalue weighted by atomic mass is 32.2. The predicted molar refractivity (Wildman–Crippen MR) is 55.0 cm³/mol. The molecule has 5 nitrogen and oxygen atoms in total. The third-order valence-electron chi connectivity index (χ3n) is 1.84. The summed E-state index contributed by atoms with van der Waals surface area (Å²) in [5.74, 6) is 1.71. The molecule has 6 heteroatoms. The van der Waals surface area contributed by atoms with Crippen molar-refractivity contribution < 1.29 is 4.42 Å². The fraction of sp³-hybridized carbons (Fsp3) is 0.222. The summed E-state index contributed by atoms with van der Waals surface area (Å²) in [5.41, 5.74) is 0. The van der Waals surface area contributed by atoms with Crippen molar-refractivity contribution in [1.82, 2.24) is 14.8 Å². The first-order valence-electron chi connectivity index (χ1n) is 4.26. The van der Waals surface area contributed by atoms with E-state index in [0.717, 1.165) is 0 Å². The van der Waals surface area contributed by atoms with Gasteiger partial charge in [0.15, 0.2) is 16.7 Å². The van der Waals surface area contributed by atoms with Gasteiger partial charge in [-0.15, -0.1) is 10.2 Å². The van der Waals surface area contributed by atoms with Crippen molar-refractivity contribution in [2.24, 2.45) is 7.05 Å². The van der Waals surface area contributed by atoms with Crippen LogP contribution in [0.15, 0.2) is 28.0 Å². The number of nitriles is 1. The average molecular weight is 220 g/mol. The Morgan fingerprint density at radius 3 is 3.13 bits per heavy atom. The van der Waals surface area contributed by atoms with Crippen LogP contribution in [0.4, 0.5) is 0 Å². The van der Waals surface area contributed by atoms with Gasteiger partial charge in [0.1, 0.15) is 0 Å². The molecule has 0 saturated carbocycles. The highest BCUT2D eigenvalue weighted by Gasteiger charge is 2.12. The summed E-state index contributed by atoms with van der Waals surface area (Å²) in [7, 11) is 1.84. The highest BCUT2D eigenvalue weighted by Crippen LogP contribution is 2.22. The molecule has 0 aromatic carbocycles. The summed E-state index contributed by atoms with van der Waals surface area (Å²) < 4.78 is 7.03. The van der Waals surface area contributed by atoms with Crippen LogP contribution >= 0.6 is 11.8 Å². The fourth-order valence-electron chi connectivity index (χ4n) is 1.16. The number of rotatable bonds is 3. The predicted octanol–water partition coefficient (Wildman–Crippen LogP) is 1.69. The van der Waals surface area contributed by atoms with Crippen LogP contribution in [0.2, 0.25) is 0 Å². The Balaban J connectivity index is 2.29. The SMILES string of the molecule is Cn1c(SCC#N)nnc1-c1ccco1. The minimum absolute atomic E-state index is 0.365. The second-order valence-electron chi connectivity index (χ2n) is 2.79. The highest BCUT2D eigenvalue weighted by molar-refractivity contribution is 7.99. The fourth-order valence-corrected chi connectivity index (χ4v) is 1.73. The Labute approximate surface area is 90.7 Å². The molecule has 0 amide bonds.